The molecule has 1 saturated carbocycles. The van der Waals surface area contributed by atoms with E-state index in [9.17, 15) is 4.79 Å². The molecule has 0 spiro atoms. The molecule has 0 aromatic heterocycles. The molecule has 0 aliphatic heterocycles. The van der Waals surface area contributed by atoms with Crippen LogP contribution in [0, 0.1) is 0 Å². The summed E-state index contributed by atoms with van der Waals surface area (Å²) in [5.74, 6) is 0.901. The van der Waals surface area contributed by atoms with Crippen LogP contribution in [0.5, 0.6) is 5.75 Å². The summed E-state index contributed by atoms with van der Waals surface area (Å²) >= 11 is 12.2. The minimum atomic E-state index is -0.488. The zero-order valence-corrected chi connectivity index (χ0v) is 18.8. The van der Waals surface area contributed by atoms with Crippen molar-refractivity contribution in [3.63, 3.8) is 0 Å². The second-order valence-electron chi connectivity index (χ2n) is 7.94. The summed E-state index contributed by atoms with van der Waals surface area (Å²) in [5, 5.41) is 0.789. The normalized spacial score (nSPS) is 14.3. The van der Waals surface area contributed by atoms with Gasteiger partial charge in [-0.2, -0.15) is 0 Å². The molecule has 31 heavy (non-hydrogen) atoms. The van der Waals surface area contributed by atoms with E-state index in [0.717, 1.165) is 11.3 Å². The fraction of sp³-hybridized carbons (Fsp3) is 0.269. The zero-order chi connectivity index (χ0) is 21.6. The van der Waals surface area contributed by atoms with Crippen molar-refractivity contribution in [2.24, 2.45) is 0 Å². The van der Waals surface area contributed by atoms with Crippen molar-refractivity contribution in [2.45, 2.75) is 44.6 Å². The van der Waals surface area contributed by atoms with Crippen molar-refractivity contribution in [2.75, 3.05) is 4.90 Å². The number of carbonyl (C=O) groups is 1. The quantitative estimate of drug-likeness (QED) is 0.388. The van der Waals surface area contributed by atoms with E-state index >= 15 is 0 Å². The van der Waals surface area contributed by atoms with E-state index in [4.69, 9.17) is 27.9 Å². The van der Waals surface area contributed by atoms with Crippen LogP contribution in [0.2, 0.25) is 10.0 Å². The third-order valence-corrected chi connectivity index (χ3v) is 6.31. The molecule has 0 heterocycles. The summed E-state index contributed by atoms with van der Waals surface area (Å²) < 4.78 is 5.63. The van der Waals surface area contributed by atoms with Crippen LogP contribution in [0.25, 0.3) is 0 Å². The Morgan fingerprint density at radius 2 is 1.61 bits per heavy atom. The largest absolute Gasteiger partial charge is 0.420 e. The maximum atomic E-state index is 13.2. The molecular weight excluding hydrogens is 429 g/mol. The molecule has 1 amide bonds. The summed E-state index contributed by atoms with van der Waals surface area (Å²) in [6.45, 7) is 0.396. The lowest BCUT2D eigenvalue weighted by Crippen LogP contribution is -2.33. The van der Waals surface area contributed by atoms with Crippen LogP contribution in [-0.2, 0) is 6.54 Å². The predicted octanol–water partition coefficient (Wildman–Crippen LogP) is 8.25. The molecule has 1 aliphatic rings. The van der Waals surface area contributed by atoms with Crippen LogP contribution in [0.3, 0.4) is 0 Å². The molecule has 1 fully saturated rings. The molecule has 0 radical (unpaired) electrons. The molecule has 0 atom stereocenters. The van der Waals surface area contributed by atoms with Crippen LogP contribution < -0.4 is 9.64 Å². The third kappa shape index (κ3) is 5.61. The van der Waals surface area contributed by atoms with Gasteiger partial charge in [-0.1, -0.05) is 84.9 Å². The number of hydrogen-bond donors (Lipinski definition) is 0. The highest BCUT2D eigenvalue weighted by Crippen LogP contribution is 2.34. The van der Waals surface area contributed by atoms with Gasteiger partial charge in [-0.3, -0.25) is 4.90 Å². The lowest BCUT2D eigenvalue weighted by molar-refractivity contribution is 0.207. The number of carbonyl (C=O) groups excluding carboxylic acids is 1. The second kappa shape index (κ2) is 10.2. The SMILES string of the molecule is O=C(Oc1ccc(Cl)cc1Cl)N(Cc1ccccc1)c1ccc(C2CCCCC2)cc1. The van der Waals surface area contributed by atoms with Gasteiger partial charge in [0, 0.05) is 10.7 Å². The zero-order valence-electron chi connectivity index (χ0n) is 17.3. The van der Waals surface area contributed by atoms with Crippen LogP contribution in [0.1, 0.15) is 49.1 Å². The molecule has 0 bridgehead atoms. The molecule has 4 rings (SSSR count). The molecule has 3 nitrogen and oxygen atoms in total. The lowest BCUT2D eigenvalue weighted by Gasteiger charge is -2.25. The van der Waals surface area contributed by atoms with Crippen molar-refractivity contribution in [3.8, 4) is 5.75 Å². The van der Waals surface area contributed by atoms with E-state index in [2.05, 4.69) is 12.1 Å². The first-order valence-corrected chi connectivity index (χ1v) is 11.4. The Morgan fingerprint density at radius 3 is 2.29 bits per heavy atom. The van der Waals surface area contributed by atoms with Gasteiger partial charge in [-0.15, -0.1) is 0 Å². The Labute approximate surface area is 193 Å². The minimum absolute atomic E-state index is 0.285. The Hall–Kier alpha value is -2.49. The minimum Gasteiger partial charge on any atom is -0.408 e. The van der Waals surface area contributed by atoms with Gasteiger partial charge in [0.2, 0.25) is 0 Å². The number of hydrogen-bond acceptors (Lipinski definition) is 2. The fourth-order valence-corrected chi connectivity index (χ4v) is 4.54. The molecule has 0 unspecified atom stereocenters. The highest BCUT2D eigenvalue weighted by molar-refractivity contribution is 6.35. The monoisotopic (exact) mass is 453 g/mol. The Bertz CT molecular complexity index is 1020. The molecular formula is C26H25Cl2NO2. The molecule has 160 valence electrons. The van der Waals surface area contributed by atoms with Crippen LogP contribution >= 0.6 is 23.2 Å². The van der Waals surface area contributed by atoms with Crippen molar-refractivity contribution in [1.29, 1.82) is 0 Å². The van der Waals surface area contributed by atoms with Gasteiger partial charge >= 0.3 is 6.09 Å². The highest BCUT2D eigenvalue weighted by atomic mass is 35.5. The summed E-state index contributed by atoms with van der Waals surface area (Å²) in [6, 6.07) is 23.0. The van der Waals surface area contributed by atoms with Crippen molar-refractivity contribution in [3.05, 3.63) is 94.0 Å². The van der Waals surface area contributed by atoms with E-state index in [1.165, 1.54) is 37.7 Å². The van der Waals surface area contributed by atoms with E-state index in [1.54, 1.807) is 23.1 Å². The lowest BCUT2D eigenvalue weighted by atomic mass is 9.84. The van der Waals surface area contributed by atoms with Crippen molar-refractivity contribution in [1.82, 2.24) is 0 Å². The Morgan fingerprint density at radius 1 is 0.903 bits per heavy atom. The summed E-state index contributed by atoms with van der Waals surface area (Å²) in [5.41, 5.74) is 3.15. The second-order valence-corrected chi connectivity index (χ2v) is 8.78. The standard InChI is InChI=1S/C26H25Cl2NO2/c27-22-13-16-25(24(28)17-22)31-26(30)29(18-19-7-3-1-4-8-19)23-14-11-21(12-15-23)20-9-5-2-6-10-20/h1,3-4,7-8,11-17,20H,2,5-6,9-10,18H2. The number of nitrogens with zero attached hydrogens (tertiary/aromatic N) is 1. The van der Waals surface area contributed by atoms with E-state index in [1.807, 2.05) is 42.5 Å². The van der Waals surface area contributed by atoms with Gasteiger partial charge in [0.15, 0.2) is 5.75 Å². The van der Waals surface area contributed by atoms with Crippen molar-refractivity contribution < 1.29 is 9.53 Å². The van der Waals surface area contributed by atoms with Crippen molar-refractivity contribution >= 4 is 35.0 Å². The molecule has 3 aromatic carbocycles. The highest BCUT2D eigenvalue weighted by Gasteiger charge is 2.21. The van der Waals surface area contributed by atoms with Gasteiger partial charge in [0.1, 0.15) is 0 Å². The average Bonchev–Trinajstić information content (AvgIpc) is 2.81. The third-order valence-electron chi connectivity index (χ3n) is 5.78. The summed E-state index contributed by atoms with van der Waals surface area (Å²) in [6.07, 6.45) is 5.91. The number of amides is 1. The topological polar surface area (TPSA) is 29.5 Å². The molecule has 5 heteroatoms. The van der Waals surface area contributed by atoms with E-state index in [-0.39, 0.29) is 5.75 Å². The van der Waals surface area contributed by atoms with E-state index in [0.29, 0.717) is 22.5 Å². The first-order valence-electron chi connectivity index (χ1n) is 10.7. The Kier molecular flexibility index (Phi) is 7.16. The van der Waals surface area contributed by atoms with Gasteiger partial charge in [-0.25, -0.2) is 4.79 Å². The summed E-state index contributed by atoms with van der Waals surface area (Å²) in [7, 11) is 0. The van der Waals surface area contributed by atoms with Gasteiger partial charge < -0.3 is 4.74 Å². The maximum Gasteiger partial charge on any atom is 0.420 e. The first-order chi connectivity index (χ1) is 15.1. The van der Waals surface area contributed by atoms with Crippen LogP contribution in [-0.4, -0.2) is 6.09 Å². The van der Waals surface area contributed by atoms with Crippen LogP contribution in [0.15, 0.2) is 72.8 Å². The number of anilines is 1. The molecule has 3 aromatic rings. The molecule has 0 saturated heterocycles. The maximum absolute atomic E-state index is 13.2. The van der Waals surface area contributed by atoms with Gasteiger partial charge in [-0.05, 0) is 60.2 Å². The number of halogens is 2. The summed E-state index contributed by atoms with van der Waals surface area (Å²) in [4.78, 5) is 14.8. The predicted molar refractivity (Wildman–Crippen MR) is 127 cm³/mol. The Balaban J connectivity index is 1.58. The first kappa shape index (κ1) is 21.7. The average molecular weight is 454 g/mol. The van der Waals surface area contributed by atoms with Crippen LogP contribution in [0.4, 0.5) is 10.5 Å². The number of ether oxygens (including phenoxy) is 1. The fourth-order valence-electron chi connectivity index (χ4n) is 4.10. The van der Waals surface area contributed by atoms with E-state index < -0.39 is 6.09 Å². The van der Waals surface area contributed by atoms with Gasteiger partial charge in [0.25, 0.3) is 0 Å². The molecule has 1 aliphatic carbocycles. The number of rotatable bonds is 5. The number of benzene rings is 3. The molecule has 0 N–H and O–H groups in total. The van der Waals surface area contributed by atoms with Gasteiger partial charge in [0.05, 0.1) is 11.6 Å². The smallest absolute Gasteiger partial charge is 0.408 e.